The van der Waals surface area contributed by atoms with Gasteiger partial charge in [0.1, 0.15) is 0 Å². The molecule has 0 spiro atoms. The van der Waals surface area contributed by atoms with Gasteiger partial charge in [-0.25, -0.2) is 0 Å². The molecule has 0 bridgehead atoms. The average Bonchev–Trinajstić information content (AvgIpc) is 2.77. The molecule has 1 fully saturated rings. The van der Waals surface area contributed by atoms with E-state index in [2.05, 4.69) is 0 Å². The summed E-state index contributed by atoms with van der Waals surface area (Å²) in [7, 11) is 4.51. The van der Waals surface area contributed by atoms with Gasteiger partial charge in [0.15, 0.2) is 17.3 Å². The summed E-state index contributed by atoms with van der Waals surface area (Å²) >= 11 is 6.02. The highest BCUT2D eigenvalue weighted by Crippen LogP contribution is 2.40. The van der Waals surface area contributed by atoms with Gasteiger partial charge in [0.25, 0.3) is 5.91 Å². The Labute approximate surface area is 181 Å². The number of carbonyl (C=O) groups excluding carboxylic acids is 2. The molecule has 0 aliphatic carbocycles. The standard InChI is InChI=1S/C23H26ClNO5/c1-14-12-16(24)7-8-17(14)20(26)15-6-5-11-25(13-15)23(27)18-9-10-19(28-2)22(30-4)21(18)29-3/h7-10,12,15H,5-6,11,13H2,1-4H3/t15-/m0/s1. The number of carbonyl (C=O) groups is 2. The first-order valence-corrected chi connectivity index (χ1v) is 10.2. The number of Topliss-reactive ketones (excluding diaryl/α,β-unsaturated/α-hetero) is 1. The molecule has 2 aromatic carbocycles. The van der Waals surface area contributed by atoms with E-state index in [4.69, 9.17) is 25.8 Å². The number of benzene rings is 2. The molecule has 6 nitrogen and oxygen atoms in total. The Hall–Kier alpha value is -2.73. The SMILES string of the molecule is COc1ccc(C(=O)N2CCC[C@H](C(=O)c3ccc(Cl)cc3C)C2)c(OC)c1OC. The number of aryl methyl sites for hydroxylation is 1. The minimum atomic E-state index is -0.256. The van der Waals surface area contributed by atoms with Crippen molar-refractivity contribution in [1.82, 2.24) is 4.90 Å². The smallest absolute Gasteiger partial charge is 0.257 e. The number of halogens is 1. The largest absolute Gasteiger partial charge is 0.493 e. The van der Waals surface area contributed by atoms with Crippen LogP contribution in [0.1, 0.15) is 39.1 Å². The highest BCUT2D eigenvalue weighted by molar-refractivity contribution is 6.30. The molecule has 1 aliphatic rings. The van der Waals surface area contributed by atoms with E-state index in [-0.39, 0.29) is 17.6 Å². The Balaban J connectivity index is 1.85. The van der Waals surface area contributed by atoms with Crippen molar-refractivity contribution in [3.8, 4) is 17.2 Å². The molecule has 1 atom stereocenters. The number of amides is 1. The zero-order valence-electron chi connectivity index (χ0n) is 17.7. The second kappa shape index (κ2) is 9.39. The Morgan fingerprint density at radius 1 is 1.00 bits per heavy atom. The van der Waals surface area contributed by atoms with Gasteiger partial charge in [-0.1, -0.05) is 11.6 Å². The lowest BCUT2D eigenvalue weighted by atomic mass is 9.88. The van der Waals surface area contributed by atoms with E-state index in [1.807, 2.05) is 6.92 Å². The fourth-order valence-corrected chi connectivity index (χ4v) is 4.17. The van der Waals surface area contributed by atoms with Crippen LogP contribution in [0.25, 0.3) is 0 Å². The summed E-state index contributed by atoms with van der Waals surface area (Å²) in [5, 5.41) is 0.602. The van der Waals surface area contributed by atoms with Crippen LogP contribution in [-0.4, -0.2) is 51.0 Å². The van der Waals surface area contributed by atoms with Crippen LogP contribution in [0.5, 0.6) is 17.2 Å². The molecule has 1 amide bonds. The van der Waals surface area contributed by atoms with Crippen LogP contribution in [0.3, 0.4) is 0 Å². The van der Waals surface area contributed by atoms with Crippen LogP contribution >= 0.6 is 11.6 Å². The Bertz CT molecular complexity index is 959. The first-order valence-electron chi connectivity index (χ1n) is 9.79. The number of ketones is 1. The summed E-state index contributed by atoms with van der Waals surface area (Å²) < 4.78 is 16.1. The fourth-order valence-electron chi connectivity index (χ4n) is 3.94. The minimum Gasteiger partial charge on any atom is -0.493 e. The normalized spacial score (nSPS) is 16.2. The van der Waals surface area contributed by atoms with E-state index in [1.165, 1.54) is 21.3 Å². The predicted octanol–water partition coefficient (Wildman–Crippen LogP) is 4.41. The van der Waals surface area contributed by atoms with Gasteiger partial charge in [-0.3, -0.25) is 9.59 Å². The molecule has 0 radical (unpaired) electrons. The third-order valence-electron chi connectivity index (χ3n) is 5.47. The number of ether oxygens (including phenoxy) is 3. The summed E-state index contributed by atoms with van der Waals surface area (Å²) in [6.45, 7) is 2.82. The number of likely N-dealkylation sites (tertiary alicyclic amines) is 1. The summed E-state index contributed by atoms with van der Waals surface area (Å²) in [5.41, 5.74) is 1.88. The summed E-state index contributed by atoms with van der Waals surface area (Å²) in [6, 6.07) is 8.62. The maximum absolute atomic E-state index is 13.3. The van der Waals surface area contributed by atoms with Crippen molar-refractivity contribution in [2.45, 2.75) is 19.8 Å². The first kappa shape index (κ1) is 22.0. The maximum atomic E-state index is 13.3. The van der Waals surface area contributed by atoms with Gasteiger partial charge in [-0.2, -0.15) is 0 Å². The lowest BCUT2D eigenvalue weighted by Crippen LogP contribution is -2.42. The number of hydrogen-bond acceptors (Lipinski definition) is 5. The first-order chi connectivity index (χ1) is 14.4. The molecule has 0 saturated carbocycles. The van der Waals surface area contributed by atoms with Crippen molar-refractivity contribution in [2.24, 2.45) is 5.92 Å². The number of piperidine rings is 1. The molecule has 0 aromatic heterocycles. The van der Waals surface area contributed by atoms with Gasteiger partial charge < -0.3 is 19.1 Å². The molecule has 0 unspecified atom stereocenters. The monoisotopic (exact) mass is 431 g/mol. The van der Waals surface area contributed by atoms with Gasteiger partial charge in [-0.15, -0.1) is 0 Å². The van der Waals surface area contributed by atoms with Crippen molar-refractivity contribution < 1.29 is 23.8 Å². The lowest BCUT2D eigenvalue weighted by molar-refractivity contribution is 0.0633. The summed E-state index contributed by atoms with van der Waals surface area (Å²) in [6.07, 6.45) is 1.50. The Morgan fingerprint density at radius 3 is 2.33 bits per heavy atom. The Morgan fingerprint density at radius 2 is 1.70 bits per heavy atom. The second-order valence-electron chi connectivity index (χ2n) is 7.30. The highest BCUT2D eigenvalue weighted by atomic mass is 35.5. The minimum absolute atomic E-state index is 0.0425. The molecular weight excluding hydrogens is 406 g/mol. The number of nitrogens with zero attached hydrogens (tertiary/aromatic N) is 1. The fraction of sp³-hybridized carbons (Fsp3) is 0.391. The molecule has 30 heavy (non-hydrogen) atoms. The van der Waals surface area contributed by atoms with Crippen molar-refractivity contribution >= 4 is 23.3 Å². The topological polar surface area (TPSA) is 65.1 Å². The molecule has 1 saturated heterocycles. The third kappa shape index (κ3) is 4.24. The van der Waals surface area contributed by atoms with E-state index in [0.29, 0.717) is 46.5 Å². The molecular formula is C23H26ClNO5. The molecule has 160 valence electrons. The number of hydrogen-bond donors (Lipinski definition) is 0. The zero-order chi connectivity index (χ0) is 21.8. The average molecular weight is 432 g/mol. The van der Waals surface area contributed by atoms with Crippen molar-refractivity contribution in [1.29, 1.82) is 0 Å². The molecule has 2 aromatic rings. The van der Waals surface area contributed by atoms with Crippen molar-refractivity contribution in [3.05, 3.63) is 52.0 Å². The van der Waals surface area contributed by atoms with Crippen molar-refractivity contribution in [2.75, 3.05) is 34.4 Å². The predicted molar refractivity (Wildman–Crippen MR) is 115 cm³/mol. The van der Waals surface area contributed by atoms with Crippen LogP contribution in [0.15, 0.2) is 30.3 Å². The quantitative estimate of drug-likeness (QED) is 0.634. The van der Waals surface area contributed by atoms with E-state index >= 15 is 0 Å². The van der Waals surface area contributed by atoms with Crippen LogP contribution in [-0.2, 0) is 0 Å². The van der Waals surface area contributed by atoms with Gasteiger partial charge in [0, 0.05) is 29.6 Å². The second-order valence-corrected chi connectivity index (χ2v) is 7.73. The van der Waals surface area contributed by atoms with Crippen LogP contribution in [0.2, 0.25) is 5.02 Å². The van der Waals surface area contributed by atoms with Gasteiger partial charge in [0.05, 0.1) is 26.9 Å². The molecule has 7 heteroatoms. The summed E-state index contributed by atoms with van der Waals surface area (Å²) in [4.78, 5) is 28.1. The zero-order valence-corrected chi connectivity index (χ0v) is 18.4. The lowest BCUT2D eigenvalue weighted by Gasteiger charge is -2.32. The van der Waals surface area contributed by atoms with E-state index < -0.39 is 0 Å². The van der Waals surface area contributed by atoms with Crippen molar-refractivity contribution in [3.63, 3.8) is 0 Å². The molecule has 1 aliphatic heterocycles. The van der Waals surface area contributed by atoms with Crippen LogP contribution in [0.4, 0.5) is 0 Å². The number of rotatable bonds is 6. The number of methoxy groups -OCH3 is 3. The Kier molecular flexibility index (Phi) is 6.87. The summed E-state index contributed by atoms with van der Waals surface area (Å²) in [5.74, 6) is 0.764. The van der Waals surface area contributed by atoms with E-state index in [1.54, 1.807) is 35.2 Å². The van der Waals surface area contributed by atoms with E-state index in [0.717, 1.165) is 18.4 Å². The molecule has 0 N–H and O–H groups in total. The van der Waals surface area contributed by atoms with Crippen LogP contribution < -0.4 is 14.2 Å². The highest BCUT2D eigenvalue weighted by Gasteiger charge is 2.32. The molecule has 1 heterocycles. The maximum Gasteiger partial charge on any atom is 0.257 e. The van der Waals surface area contributed by atoms with Crippen LogP contribution in [0, 0.1) is 12.8 Å². The van der Waals surface area contributed by atoms with Gasteiger partial charge in [0.2, 0.25) is 5.75 Å². The van der Waals surface area contributed by atoms with E-state index in [9.17, 15) is 9.59 Å². The van der Waals surface area contributed by atoms with Gasteiger partial charge >= 0.3 is 0 Å². The molecule has 3 rings (SSSR count). The third-order valence-corrected chi connectivity index (χ3v) is 5.70. The van der Waals surface area contributed by atoms with Gasteiger partial charge in [-0.05, 0) is 55.7 Å².